The zero-order valence-corrected chi connectivity index (χ0v) is 16.7. The van der Waals surface area contributed by atoms with E-state index >= 15 is 0 Å². The lowest BCUT2D eigenvalue weighted by atomic mass is 9.86. The van der Waals surface area contributed by atoms with Crippen molar-refractivity contribution in [3.05, 3.63) is 11.7 Å². The van der Waals surface area contributed by atoms with Gasteiger partial charge in [-0.1, -0.05) is 19.0 Å². The van der Waals surface area contributed by atoms with Crippen molar-refractivity contribution in [2.24, 2.45) is 5.92 Å². The molecule has 0 N–H and O–H groups in total. The first kappa shape index (κ1) is 19.3. The lowest BCUT2D eigenvalue weighted by Gasteiger charge is -2.49. The van der Waals surface area contributed by atoms with E-state index in [-0.39, 0.29) is 5.54 Å². The number of carbonyl (C=O) groups excluding carboxylic acids is 1. The molecule has 1 aromatic heterocycles. The van der Waals surface area contributed by atoms with Crippen molar-refractivity contribution in [2.75, 3.05) is 39.8 Å². The maximum atomic E-state index is 12.3. The van der Waals surface area contributed by atoms with Crippen LogP contribution in [-0.2, 0) is 17.8 Å². The van der Waals surface area contributed by atoms with E-state index < -0.39 is 0 Å². The van der Waals surface area contributed by atoms with Gasteiger partial charge in [-0.15, -0.1) is 0 Å². The number of aromatic nitrogens is 2. The Balaban J connectivity index is 1.66. The molecule has 0 aliphatic carbocycles. The average Bonchev–Trinajstić information content (AvgIpc) is 2.95. The smallest absolute Gasteiger partial charge is 0.226 e. The number of hydrogen-bond donors (Lipinski definition) is 0. The van der Waals surface area contributed by atoms with Crippen LogP contribution in [0.15, 0.2) is 4.52 Å². The largest absolute Gasteiger partial charge is 0.343 e. The van der Waals surface area contributed by atoms with Crippen LogP contribution in [0.2, 0.25) is 0 Å². The molecule has 2 fully saturated rings. The molecule has 1 aromatic rings. The predicted octanol–water partition coefficient (Wildman–Crippen LogP) is 1.79. The second-order valence-corrected chi connectivity index (χ2v) is 8.28. The number of piperazine rings is 1. The van der Waals surface area contributed by atoms with Gasteiger partial charge >= 0.3 is 0 Å². The van der Waals surface area contributed by atoms with Crippen molar-refractivity contribution in [1.82, 2.24) is 24.8 Å². The normalized spacial score (nSPS) is 26.0. The summed E-state index contributed by atoms with van der Waals surface area (Å²) in [4.78, 5) is 23.8. The average molecular weight is 364 g/mol. The Morgan fingerprint density at radius 3 is 2.77 bits per heavy atom. The standard InChI is InChI=1S/C19H33N5O2/c1-5-24-9-8-19(7-6-18(24)25)14-23(11-10-22(19)4)13-16-20-17(26-21-16)12-15(2)3/h15H,5-14H2,1-4H3. The van der Waals surface area contributed by atoms with Crippen LogP contribution in [0, 0.1) is 5.92 Å². The van der Waals surface area contributed by atoms with Crippen LogP contribution in [0.4, 0.5) is 0 Å². The molecule has 1 amide bonds. The zero-order chi connectivity index (χ0) is 18.7. The Kier molecular flexibility index (Phi) is 5.97. The molecule has 0 radical (unpaired) electrons. The van der Waals surface area contributed by atoms with Crippen molar-refractivity contribution in [2.45, 2.75) is 58.5 Å². The monoisotopic (exact) mass is 363 g/mol. The van der Waals surface area contributed by atoms with Crippen LogP contribution in [0.25, 0.3) is 0 Å². The third-order valence-corrected chi connectivity index (χ3v) is 5.92. The fourth-order valence-corrected chi connectivity index (χ4v) is 4.23. The molecule has 2 saturated heterocycles. The minimum absolute atomic E-state index is 0.0718. The molecular formula is C19H33N5O2. The van der Waals surface area contributed by atoms with E-state index in [0.29, 0.717) is 18.2 Å². The summed E-state index contributed by atoms with van der Waals surface area (Å²) in [5, 5.41) is 4.17. The molecule has 2 aliphatic heterocycles. The lowest BCUT2D eigenvalue weighted by molar-refractivity contribution is -0.130. The fourth-order valence-electron chi connectivity index (χ4n) is 4.23. The Morgan fingerprint density at radius 1 is 1.23 bits per heavy atom. The Hall–Kier alpha value is -1.47. The van der Waals surface area contributed by atoms with Gasteiger partial charge in [-0.25, -0.2) is 0 Å². The summed E-state index contributed by atoms with van der Waals surface area (Å²) in [6, 6.07) is 0. The molecule has 7 heteroatoms. The van der Waals surface area contributed by atoms with E-state index in [0.717, 1.165) is 70.2 Å². The first-order chi connectivity index (χ1) is 12.4. The van der Waals surface area contributed by atoms with Crippen molar-refractivity contribution in [3.63, 3.8) is 0 Å². The second kappa shape index (κ2) is 8.05. The summed E-state index contributed by atoms with van der Waals surface area (Å²) in [7, 11) is 2.21. The van der Waals surface area contributed by atoms with Crippen LogP contribution < -0.4 is 0 Å². The number of hydrogen-bond acceptors (Lipinski definition) is 6. The van der Waals surface area contributed by atoms with Crippen LogP contribution >= 0.6 is 0 Å². The minimum atomic E-state index is 0.0718. The minimum Gasteiger partial charge on any atom is -0.343 e. The van der Waals surface area contributed by atoms with Gasteiger partial charge in [-0.2, -0.15) is 4.98 Å². The molecule has 1 unspecified atom stereocenters. The number of nitrogens with zero attached hydrogens (tertiary/aromatic N) is 5. The SMILES string of the molecule is CCN1CCC2(CCC1=O)CN(Cc1noc(CC(C)C)n1)CCN2C. The molecule has 26 heavy (non-hydrogen) atoms. The summed E-state index contributed by atoms with van der Waals surface area (Å²) in [6.07, 6.45) is 3.44. The molecule has 7 nitrogen and oxygen atoms in total. The lowest BCUT2D eigenvalue weighted by Crippen LogP contribution is -2.60. The number of likely N-dealkylation sites (N-methyl/N-ethyl adjacent to an activating group) is 1. The second-order valence-electron chi connectivity index (χ2n) is 8.28. The zero-order valence-electron chi connectivity index (χ0n) is 16.7. The predicted molar refractivity (Wildman–Crippen MR) is 99.6 cm³/mol. The number of carbonyl (C=O) groups is 1. The van der Waals surface area contributed by atoms with Gasteiger partial charge < -0.3 is 9.42 Å². The van der Waals surface area contributed by atoms with Crippen molar-refractivity contribution in [3.8, 4) is 0 Å². The molecule has 3 heterocycles. The molecular weight excluding hydrogens is 330 g/mol. The van der Waals surface area contributed by atoms with E-state index in [4.69, 9.17) is 4.52 Å². The number of amides is 1. The van der Waals surface area contributed by atoms with E-state index in [9.17, 15) is 4.79 Å². The third kappa shape index (κ3) is 4.26. The van der Waals surface area contributed by atoms with Gasteiger partial charge in [-0.3, -0.25) is 14.6 Å². The number of likely N-dealkylation sites (tertiary alicyclic amines) is 1. The van der Waals surface area contributed by atoms with Gasteiger partial charge in [0.25, 0.3) is 0 Å². The molecule has 0 bridgehead atoms. The molecule has 3 rings (SSSR count). The van der Waals surface area contributed by atoms with Gasteiger partial charge in [0.1, 0.15) is 0 Å². The topological polar surface area (TPSA) is 65.7 Å². The highest BCUT2D eigenvalue weighted by Crippen LogP contribution is 2.32. The van der Waals surface area contributed by atoms with Gasteiger partial charge in [0.05, 0.1) is 6.54 Å². The molecule has 1 spiro atoms. The van der Waals surface area contributed by atoms with Crippen LogP contribution in [0.5, 0.6) is 0 Å². The van der Waals surface area contributed by atoms with E-state index in [2.05, 4.69) is 47.8 Å². The summed E-state index contributed by atoms with van der Waals surface area (Å²) in [6.45, 7) is 11.7. The third-order valence-electron chi connectivity index (χ3n) is 5.92. The summed E-state index contributed by atoms with van der Waals surface area (Å²) in [5.41, 5.74) is 0.0718. The highest BCUT2D eigenvalue weighted by atomic mass is 16.5. The highest BCUT2D eigenvalue weighted by Gasteiger charge is 2.42. The van der Waals surface area contributed by atoms with Gasteiger partial charge in [-0.05, 0) is 32.7 Å². The number of rotatable bonds is 5. The van der Waals surface area contributed by atoms with Crippen LogP contribution in [-0.4, -0.2) is 76.1 Å². The molecule has 1 atom stereocenters. The van der Waals surface area contributed by atoms with Crippen LogP contribution in [0.3, 0.4) is 0 Å². The molecule has 146 valence electrons. The Labute approximate surface area is 156 Å². The fraction of sp³-hybridized carbons (Fsp3) is 0.842. The summed E-state index contributed by atoms with van der Waals surface area (Å²) < 4.78 is 5.39. The van der Waals surface area contributed by atoms with Crippen molar-refractivity contribution >= 4 is 5.91 Å². The molecule has 0 aromatic carbocycles. The van der Waals surface area contributed by atoms with E-state index in [1.54, 1.807) is 0 Å². The van der Waals surface area contributed by atoms with Crippen molar-refractivity contribution in [1.29, 1.82) is 0 Å². The van der Waals surface area contributed by atoms with Crippen LogP contribution in [0.1, 0.15) is 51.7 Å². The maximum absolute atomic E-state index is 12.3. The highest BCUT2D eigenvalue weighted by molar-refractivity contribution is 5.76. The Bertz CT molecular complexity index is 617. The van der Waals surface area contributed by atoms with Gasteiger partial charge in [0, 0.05) is 51.1 Å². The van der Waals surface area contributed by atoms with Gasteiger partial charge in [0.15, 0.2) is 5.82 Å². The summed E-state index contributed by atoms with van der Waals surface area (Å²) >= 11 is 0. The van der Waals surface area contributed by atoms with Crippen molar-refractivity contribution < 1.29 is 9.32 Å². The van der Waals surface area contributed by atoms with Gasteiger partial charge in [0.2, 0.25) is 11.8 Å². The van der Waals surface area contributed by atoms with E-state index in [1.165, 1.54) is 0 Å². The molecule has 2 aliphatic rings. The van der Waals surface area contributed by atoms with E-state index in [1.807, 2.05) is 4.90 Å². The quantitative estimate of drug-likeness (QED) is 0.795. The summed E-state index contributed by atoms with van der Waals surface area (Å²) in [5.74, 6) is 2.32. The first-order valence-corrected chi connectivity index (χ1v) is 9.94. The molecule has 0 saturated carbocycles. The maximum Gasteiger partial charge on any atom is 0.226 e. The first-order valence-electron chi connectivity index (χ1n) is 9.94. The Morgan fingerprint density at radius 2 is 2.04 bits per heavy atom.